The van der Waals surface area contributed by atoms with Crippen LogP contribution in [0.15, 0.2) is 29.4 Å². The van der Waals surface area contributed by atoms with Crippen LogP contribution in [-0.2, 0) is 11.8 Å². The monoisotopic (exact) mass is 377 g/mol. The van der Waals surface area contributed by atoms with E-state index in [1.807, 2.05) is 35.9 Å². The van der Waals surface area contributed by atoms with Crippen molar-refractivity contribution in [1.82, 2.24) is 14.8 Å². The minimum atomic E-state index is 0.272. The van der Waals surface area contributed by atoms with Crippen molar-refractivity contribution in [2.24, 2.45) is 13.0 Å². The molecule has 7 heteroatoms. The molecule has 1 aromatic carbocycles. The standard InChI is InChI=1S/C19H28N4O2S/c1-14(2)11-23-9-10-25-15(12-23)13-26-19-21-20-18(22(19)3)16-7-5-6-8-17(16)24-4/h5-8,14-15H,9-13H2,1-4H3/p+1/t15-/m1/s1. The number of morpholine rings is 1. The van der Waals surface area contributed by atoms with Gasteiger partial charge >= 0.3 is 0 Å². The van der Waals surface area contributed by atoms with Crippen LogP contribution in [0.25, 0.3) is 11.4 Å². The average molecular weight is 378 g/mol. The smallest absolute Gasteiger partial charge is 0.191 e. The molecule has 1 fully saturated rings. The molecule has 1 aromatic heterocycles. The molecule has 2 heterocycles. The maximum absolute atomic E-state index is 5.96. The molecule has 0 radical (unpaired) electrons. The molecule has 142 valence electrons. The first-order valence-corrected chi connectivity index (χ1v) is 10.2. The van der Waals surface area contributed by atoms with Crippen molar-refractivity contribution in [1.29, 1.82) is 0 Å². The number of methoxy groups -OCH3 is 1. The highest BCUT2D eigenvalue weighted by atomic mass is 32.2. The van der Waals surface area contributed by atoms with Crippen LogP contribution in [0.1, 0.15) is 13.8 Å². The summed E-state index contributed by atoms with van der Waals surface area (Å²) in [5, 5.41) is 9.66. The Morgan fingerprint density at radius 2 is 2.15 bits per heavy atom. The van der Waals surface area contributed by atoms with Crippen LogP contribution in [0.5, 0.6) is 5.75 Å². The summed E-state index contributed by atoms with van der Waals surface area (Å²) in [5.41, 5.74) is 0.957. The lowest BCUT2D eigenvalue weighted by Gasteiger charge is -2.30. The van der Waals surface area contributed by atoms with Gasteiger partial charge in [0.05, 0.1) is 25.8 Å². The van der Waals surface area contributed by atoms with Gasteiger partial charge in [-0.15, -0.1) is 10.2 Å². The fourth-order valence-electron chi connectivity index (χ4n) is 3.39. The second-order valence-corrected chi connectivity index (χ2v) is 8.16. The van der Waals surface area contributed by atoms with Crippen LogP contribution in [0, 0.1) is 5.92 Å². The van der Waals surface area contributed by atoms with E-state index in [0.29, 0.717) is 0 Å². The molecule has 3 rings (SSSR count). The van der Waals surface area contributed by atoms with E-state index in [2.05, 4.69) is 24.0 Å². The Labute approximate surface area is 159 Å². The van der Waals surface area contributed by atoms with Gasteiger partial charge in [0.2, 0.25) is 0 Å². The third kappa shape index (κ3) is 4.58. The molecule has 0 saturated carbocycles. The van der Waals surface area contributed by atoms with Gasteiger partial charge < -0.3 is 18.9 Å². The van der Waals surface area contributed by atoms with Crippen molar-refractivity contribution in [3.05, 3.63) is 24.3 Å². The summed E-state index contributed by atoms with van der Waals surface area (Å²) in [4.78, 5) is 1.64. The quantitative estimate of drug-likeness (QED) is 0.742. The molecule has 0 spiro atoms. The number of benzene rings is 1. The lowest BCUT2D eigenvalue weighted by molar-refractivity contribution is -0.914. The number of hydrogen-bond acceptors (Lipinski definition) is 5. The third-order valence-corrected chi connectivity index (χ3v) is 5.76. The van der Waals surface area contributed by atoms with Gasteiger partial charge in [0, 0.05) is 18.7 Å². The van der Waals surface area contributed by atoms with E-state index >= 15 is 0 Å². The fraction of sp³-hybridized carbons (Fsp3) is 0.579. The zero-order chi connectivity index (χ0) is 18.5. The van der Waals surface area contributed by atoms with Gasteiger partial charge in [-0.25, -0.2) is 0 Å². The van der Waals surface area contributed by atoms with E-state index in [-0.39, 0.29) is 6.10 Å². The van der Waals surface area contributed by atoms with E-state index in [1.54, 1.807) is 23.8 Å². The molecule has 26 heavy (non-hydrogen) atoms. The number of nitrogens with zero attached hydrogens (tertiary/aromatic N) is 3. The molecule has 1 N–H and O–H groups in total. The molecule has 6 nitrogen and oxygen atoms in total. The fourth-order valence-corrected chi connectivity index (χ4v) is 4.32. The van der Waals surface area contributed by atoms with Crippen LogP contribution < -0.4 is 9.64 Å². The molecule has 0 amide bonds. The van der Waals surface area contributed by atoms with Gasteiger partial charge in [-0.3, -0.25) is 0 Å². The molecule has 2 atom stereocenters. The van der Waals surface area contributed by atoms with E-state index in [1.165, 1.54) is 6.54 Å². The number of hydrogen-bond donors (Lipinski definition) is 1. The van der Waals surface area contributed by atoms with Gasteiger partial charge in [-0.2, -0.15) is 0 Å². The first kappa shape index (κ1) is 19.2. The van der Waals surface area contributed by atoms with Gasteiger partial charge in [0.25, 0.3) is 0 Å². The number of quaternary nitrogens is 1. The Hall–Kier alpha value is -1.57. The second kappa shape index (κ2) is 8.88. The van der Waals surface area contributed by atoms with Crippen LogP contribution >= 0.6 is 11.8 Å². The van der Waals surface area contributed by atoms with Gasteiger partial charge in [-0.1, -0.05) is 37.7 Å². The van der Waals surface area contributed by atoms with Crippen LogP contribution in [0.4, 0.5) is 0 Å². The summed E-state index contributed by atoms with van der Waals surface area (Å²) in [7, 11) is 3.68. The molecule has 1 unspecified atom stereocenters. The highest BCUT2D eigenvalue weighted by molar-refractivity contribution is 7.99. The lowest BCUT2D eigenvalue weighted by Crippen LogP contribution is -3.15. The normalized spacial score (nSPS) is 20.5. The number of rotatable bonds is 7. The number of aromatic nitrogens is 3. The van der Waals surface area contributed by atoms with E-state index < -0.39 is 0 Å². The summed E-state index contributed by atoms with van der Waals surface area (Å²) in [6.07, 6.45) is 0.272. The number of nitrogens with one attached hydrogen (secondary N) is 1. The summed E-state index contributed by atoms with van der Waals surface area (Å²) >= 11 is 1.71. The Morgan fingerprint density at radius 1 is 1.35 bits per heavy atom. The Morgan fingerprint density at radius 3 is 2.92 bits per heavy atom. The van der Waals surface area contributed by atoms with Crippen molar-refractivity contribution < 1.29 is 14.4 Å². The SMILES string of the molecule is COc1ccccc1-c1nnc(SC[C@H]2C[NH+](CC(C)C)CCO2)n1C. The number of ether oxygens (including phenoxy) is 2. The van der Waals surface area contributed by atoms with E-state index in [4.69, 9.17) is 9.47 Å². The van der Waals surface area contributed by atoms with Crippen molar-refractivity contribution in [2.75, 3.05) is 39.1 Å². The Balaban J connectivity index is 1.64. The van der Waals surface area contributed by atoms with Gasteiger partial charge in [0.15, 0.2) is 11.0 Å². The van der Waals surface area contributed by atoms with Crippen molar-refractivity contribution in [3.8, 4) is 17.1 Å². The summed E-state index contributed by atoms with van der Waals surface area (Å²) in [6.45, 7) is 8.81. The first-order chi connectivity index (χ1) is 12.6. The lowest BCUT2D eigenvalue weighted by atomic mass is 10.2. The minimum absolute atomic E-state index is 0.272. The highest BCUT2D eigenvalue weighted by Crippen LogP contribution is 2.30. The maximum Gasteiger partial charge on any atom is 0.191 e. The summed E-state index contributed by atoms with van der Waals surface area (Å²) in [6, 6.07) is 7.90. The zero-order valence-corrected chi connectivity index (χ0v) is 16.9. The first-order valence-electron chi connectivity index (χ1n) is 9.19. The molecule has 1 saturated heterocycles. The topological polar surface area (TPSA) is 53.6 Å². The summed E-state index contributed by atoms with van der Waals surface area (Å²) < 4.78 is 13.4. The van der Waals surface area contributed by atoms with Crippen LogP contribution in [-0.4, -0.2) is 60.0 Å². The highest BCUT2D eigenvalue weighted by Gasteiger charge is 2.25. The second-order valence-electron chi connectivity index (χ2n) is 7.17. The predicted octanol–water partition coefficient (Wildman–Crippen LogP) is 1.52. The van der Waals surface area contributed by atoms with Crippen LogP contribution in [0.2, 0.25) is 0 Å². The molecule has 1 aliphatic rings. The minimum Gasteiger partial charge on any atom is -0.496 e. The van der Waals surface area contributed by atoms with E-state index in [0.717, 1.165) is 53.7 Å². The van der Waals surface area contributed by atoms with Crippen LogP contribution in [0.3, 0.4) is 0 Å². The molecule has 2 aromatic rings. The molecule has 0 bridgehead atoms. The molecular formula is C19H29N4O2S+. The molecular weight excluding hydrogens is 348 g/mol. The Bertz CT molecular complexity index is 719. The van der Waals surface area contributed by atoms with Crippen molar-refractivity contribution in [3.63, 3.8) is 0 Å². The zero-order valence-electron chi connectivity index (χ0n) is 16.1. The van der Waals surface area contributed by atoms with Crippen molar-refractivity contribution in [2.45, 2.75) is 25.1 Å². The average Bonchev–Trinajstić information content (AvgIpc) is 3.00. The predicted molar refractivity (Wildman–Crippen MR) is 104 cm³/mol. The summed E-state index contributed by atoms with van der Waals surface area (Å²) in [5.74, 6) is 3.25. The number of thioether (sulfide) groups is 1. The van der Waals surface area contributed by atoms with E-state index in [9.17, 15) is 0 Å². The third-order valence-electron chi connectivity index (χ3n) is 4.60. The molecule has 1 aliphatic heterocycles. The maximum atomic E-state index is 5.96. The molecule has 0 aliphatic carbocycles. The Kier molecular flexibility index (Phi) is 6.56. The number of para-hydroxylation sites is 1. The van der Waals surface area contributed by atoms with Gasteiger partial charge in [-0.05, 0) is 12.1 Å². The van der Waals surface area contributed by atoms with Crippen molar-refractivity contribution >= 4 is 11.8 Å². The van der Waals surface area contributed by atoms with Gasteiger partial charge in [0.1, 0.15) is 24.9 Å². The largest absolute Gasteiger partial charge is 0.496 e.